The average molecular weight is 225 g/mol. The molecule has 0 atom stereocenters. The molecule has 0 aliphatic heterocycles. The van der Waals surface area contributed by atoms with Gasteiger partial charge in [0.05, 0.1) is 0 Å². The average Bonchev–Trinajstić information content (AvgIpc) is 2.17. The number of rotatable bonds is 3. The van der Waals surface area contributed by atoms with Crippen molar-refractivity contribution in [3.8, 4) is 0 Å². The van der Waals surface area contributed by atoms with E-state index in [2.05, 4.69) is 4.98 Å². The summed E-state index contributed by atoms with van der Waals surface area (Å²) in [6.45, 7) is 3.84. The molecule has 15 heavy (non-hydrogen) atoms. The molecule has 4 nitrogen and oxygen atoms in total. The quantitative estimate of drug-likeness (QED) is 0.852. The van der Waals surface area contributed by atoms with Crippen molar-refractivity contribution in [2.45, 2.75) is 19.1 Å². The minimum Gasteiger partial charge on any atom is -0.477 e. The van der Waals surface area contributed by atoms with Crippen molar-refractivity contribution in [2.75, 3.05) is 0 Å². The summed E-state index contributed by atoms with van der Waals surface area (Å²) in [5.41, 5.74) is 0.375. The molecule has 5 heteroatoms. The molecule has 0 saturated carbocycles. The Morgan fingerprint density at radius 2 is 2.07 bits per heavy atom. The zero-order valence-electron chi connectivity index (χ0n) is 8.43. The first kappa shape index (κ1) is 11.7. The molecule has 0 spiro atoms. The third kappa shape index (κ3) is 3.36. The fourth-order valence-corrected chi connectivity index (χ4v) is 1.61. The van der Waals surface area contributed by atoms with Gasteiger partial charge in [0.15, 0.2) is 0 Å². The van der Waals surface area contributed by atoms with Gasteiger partial charge in [-0.15, -0.1) is 0 Å². The van der Waals surface area contributed by atoms with E-state index in [1.54, 1.807) is 0 Å². The molecule has 0 aliphatic carbocycles. The number of aromatic carboxylic acids is 1. The maximum absolute atomic E-state index is 11.5. The zero-order valence-corrected chi connectivity index (χ0v) is 9.25. The predicted molar refractivity (Wildman–Crippen MR) is 58.3 cm³/mol. The number of hydrogen-bond acceptors (Lipinski definition) is 4. The number of carboxylic acid groups (broad SMARTS) is 1. The SMILES string of the molecule is CC(C)SC(=O)c1ccc(C(=O)O)nc1. The number of carboxylic acids is 1. The van der Waals surface area contributed by atoms with Gasteiger partial charge in [0.2, 0.25) is 5.12 Å². The van der Waals surface area contributed by atoms with Gasteiger partial charge < -0.3 is 5.11 Å². The van der Waals surface area contributed by atoms with Gasteiger partial charge in [0, 0.05) is 17.0 Å². The summed E-state index contributed by atoms with van der Waals surface area (Å²) in [5, 5.41) is 8.72. The molecule has 1 aromatic heterocycles. The number of pyridine rings is 1. The van der Waals surface area contributed by atoms with Gasteiger partial charge >= 0.3 is 5.97 Å². The molecule has 1 heterocycles. The van der Waals surface area contributed by atoms with Crippen molar-refractivity contribution in [3.05, 3.63) is 29.6 Å². The highest BCUT2D eigenvalue weighted by Crippen LogP contribution is 2.16. The van der Waals surface area contributed by atoms with E-state index in [1.807, 2.05) is 13.8 Å². The third-order valence-electron chi connectivity index (χ3n) is 1.56. The second kappa shape index (κ2) is 4.93. The summed E-state index contributed by atoms with van der Waals surface area (Å²) in [6.07, 6.45) is 1.29. The second-order valence-corrected chi connectivity index (χ2v) is 4.74. The van der Waals surface area contributed by atoms with Crippen LogP contribution in [-0.2, 0) is 0 Å². The van der Waals surface area contributed by atoms with Crippen LogP contribution in [0.15, 0.2) is 18.3 Å². The summed E-state index contributed by atoms with van der Waals surface area (Å²) < 4.78 is 0. The van der Waals surface area contributed by atoms with Crippen molar-refractivity contribution >= 4 is 22.8 Å². The van der Waals surface area contributed by atoms with Crippen LogP contribution in [0.2, 0.25) is 0 Å². The van der Waals surface area contributed by atoms with Crippen LogP contribution in [0.4, 0.5) is 0 Å². The van der Waals surface area contributed by atoms with E-state index in [0.29, 0.717) is 5.56 Å². The second-order valence-electron chi connectivity index (χ2n) is 3.19. The molecule has 0 fully saturated rings. The van der Waals surface area contributed by atoms with E-state index in [4.69, 9.17) is 5.11 Å². The van der Waals surface area contributed by atoms with Gasteiger partial charge in [0.25, 0.3) is 0 Å². The van der Waals surface area contributed by atoms with Gasteiger partial charge in [-0.05, 0) is 12.1 Å². The standard InChI is InChI=1S/C10H11NO3S/c1-6(2)15-10(14)7-3-4-8(9(12)13)11-5-7/h3-6H,1-2H3,(H,12,13). The Balaban J connectivity index is 2.80. The Morgan fingerprint density at radius 1 is 1.40 bits per heavy atom. The number of hydrogen-bond donors (Lipinski definition) is 1. The maximum atomic E-state index is 11.5. The first-order valence-electron chi connectivity index (χ1n) is 4.41. The van der Waals surface area contributed by atoms with E-state index in [9.17, 15) is 9.59 Å². The monoisotopic (exact) mass is 225 g/mol. The summed E-state index contributed by atoms with van der Waals surface area (Å²) in [7, 11) is 0. The van der Waals surface area contributed by atoms with E-state index < -0.39 is 5.97 Å². The Bertz CT molecular complexity index is 373. The third-order valence-corrected chi connectivity index (χ3v) is 2.48. The van der Waals surface area contributed by atoms with Crippen LogP contribution >= 0.6 is 11.8 Å². The van der Waals surface area contributed by atoms with E-state index in [-0.39, 0.29) is 16.1 Å². The molecule has 0 aliphatic rings. The molecule has 0 saturated heterocycles. The highest BCUT2D eigenvalue weighted by atomic mass is 32.2. The van der Waals surface area contributed by atoms with Gasteiger partial charge in [0.1, 0.15) is 5.69 Å². The summed E-state index contributed by atoms with van der Waals surface area (Å²) >= 11 is 1.20. The zero-order chi connectivity index (χ0) is 11.4. The minimum absolute atomic E-state index is 0.0545. The number of carbonyl (C=O) groups excluding carboxylic acids is 1. The van der Waals surface area contributed by atoms with Gasteiger partial charge in [-0.1, -0.05) is 25.6 Å². The Labute approximate surface area is 91.7 Å². The molecule has 0 unspecified atom stereocenters. The van der Waals surface area contributed by atoms with Crippen LogP contribution in [0.1, 0.15) is 34.7 Å². The minimum atomic E-state index is -1.09. The topological polar surface area (TPSA) is 67.3 Å². The van der Waals surface area contributed by atoms with Crippen molar-refractivity contribution in [1.82, 2.24) is 4.98 Å². The molecule has 0 amide bonds. The summed E-state index contributed by atoms with van der Waals surface area (Å²) in [5.74, 6) is -1.09. The van der Waals surface area contributed by atoms with Gasteiger partial charge in [-0.2, -0.15) is 0 Å². The predicted octanol–water partition coefficient (Wildman–Crippen LogP) is 2.06. The lowest BCUT2D eigenvalue weighted by atomic mass is 10.3. The Morgan fingerprint density at radius 3 is 2.47 bits per heavy atom. The Hall–Kier alpha value is -1.36. The first-order chi connectivity index (χ1) is 7.00. The van der Waals surface area contributed by atoms with E-state index >= 15 is 0 Å². The lowest BCUT2D eigenvalue weighted by molar-refractivity contribution is 0.0690. The molecular weight excluding hydrogens is 214 g/mol. The van der Waals surface area contributed by atoms with Crippen molar-refractivity contribution in [2.24, 2.45) is 0 Å². The van der Waals surface area contributed by atoms with Crippen LogP contribution < -0.4 is 0 Å². The van der Waals surface area contributed by atoms with Crippen molar-refractivity contribution in [3.63, 3.8) is 0 Å². The van der Waals surface area contributed by atoms with E-state index in [0.717, 1.165) is 0 Å². The first-order valence-corrected chi connectivity index (χ1v) is 5.29. The van der Waals surface area contributed by atoms with Crippen LogP contribution in [-0.4, -0.2) is 26.4 Å². The van der Waals surface area contributed by atoms with Gasteiger partial charge in [-0.25, -0.2) is 9.78 Å². The van der Waals surface area contributed by atoms with Crippen molar-refractivity contribution < 1.29 is 14.7 Å². The molecule has 1 rings (SSSR count). The fourth-order valence-electron chi connectivity index (χ4n) is 0.923. The number of carbonyl (C=O) groups is 2. The summed E-state index contributed by atoms with van der Waals surface area (Å²) in [4.78, 5) is 25.7. The molecule has 80 valence electrons. The molecule has 0 radical (unpaired) electrons. The lowest BCUT2D eigenvalue weighted by Gasteiger charge is -2.02. The Kier molecular flexibility index (Phi) is 3.85. The van der Waals surface area contributed by atoms with Crippen LogP contribution in [0.5, 0.6) is 0 Å². The van der Waals surface area contributed by atoms with Crippen LogP contribution in [0.3, 0.4) is 0 Å². The van der Waals surface area contributed by atoms with Crippen LogP contribution in [0.25, 0.3) is 0 Å². The number of nitrogens with zero attached hydrogens (tertiary/aromatic N) is 1. The largest absolute Gasteiger partial charge is 0.477 e. The van der Waals surface area contributed by atoms with E-state index in [1.165, 1.54) is 30.1 Å². The lowest BCUT2D eigenvalue weighted by Crippen LogP contribution is -2.03. The summed E-state index contributed by atoms with van der Waals surface area (Å²) in [6, 6.07) is 2.81. The molecule has 1 aromatic rings. The molecule has 1 N–H and O–H groups in total. The number of aromatic nitrogens is 1. The smallest absolute Gasteiger partial charge is 0.354 e. The molecule has 0 bridgehead atoms. The molecule has 0 aromatic carbocycles. The highest BCUT2D eigenvalue weighted by molar-refractivity contribution is 8.14. The fraction of sp³-hybridized carbons (Fsp3) is 0.300. The van der Waals surface area contributed by atoms with Crippen LogP contribution in [0, 0.1) is 0 Å². The molecular formula is C10H11NO3S. The number of thioether (sulfide) groups is 1. The van der Waals surface area contributed by atoms with Crippen molar-refractivity contribution in [1.29, 1.82) is 0 Å². The maximum Gasteiger partial charge on any atom is 0.354 e. The van der Waals surface area contributed by atoms with Gasteiger partial charge in [-0.3, -0.25) is 4.79 Å². The normalized spacial score (nSPS) is 10.3. The highest BCUT2D eigenvalue weighted by Gasteiger charge is 2.10.